The highest BCUT2D eigenvalue weighted by Crippen LogP contribution is 2.41. The summed E-state index contributed by atoms with van der Waals surface area (Å²) in [6.07, 6.45) is 4.90. The molecule has 1 aromatic heterocycles. The Labute approximate surface area is 187 Å². The quantitative estimate of drug-likeness (QED) is 0.486. The number of carbonyl (C=O) groups is 1. The molecular formula is C25H27N3O2S. The van der Waals surface area contributed by atoms with Crippen molar-refractivity contribution in [3.63, 3.8) is 0 Å². The maximum atomic E-state index is 13.2. The number of benzene rings is 2. The van der Waals surface area contributed by atoms with Crippen molar-refractivity contribution in [3.05, 3.63) is 70.1 Å². The lowest BCUT2D eigenvalue weighted by molar-refractivity contribution is 0.102. The molecule has 0 bridgehead atoms. The maximum Gasteiger partial charge on any atom is 0.259 e. The third-order valence-corrected chi connectivity index (χ3v) is 6.49. The summed E-state index contributed by atoms with van der Waals surface area (Å²) in [6, 6.07) is 15.7. The van der Waals surface area contributed by atoms with Crippen LogP contribution in [0.2, 0.25) is 0 Å². The van der Waals surface area contributed by atoms with Gasteiger partial charge in [-0.15, -0.1) is 11.3 Å². The minimum Gasteiger partial charge on any atom is -0.494 e. The van der Waals surface area contributed by atoms with Gasteiger partial charge in [0.1, 0.15) is 10.8 Å². The Morgan fingerprint density at radius 3 is 2.55 bits per heavy atom. The number of nitrogens with one attached hydrogen (secondary N) is 1. The summed E-state index contributed by atoms with van der Waals surface area (Å²) in [6.45, 7) is 2.57. The van der Waals surface area contributed by atoms with Gasteiger partial charge in [0.2, 0.25) is 0 Å². The van der Waals surface area contributed by atoms with Crippen molar-refractivity contribution < 1.29 is 9.53 Å². The fraction of sp³-hybridized carbons (Fsp3) is 0.280. The van der Waals surface area contributed by atoms with Crippen LogP contribution in [0.1, 0.15) is 39.7 Å². The number of aliphatic imine (C=N–C) groups is 1. The molecule has 0 saturated heterocycles. The summed E-state index contributed by atoms with van der Waals surface area (Å²) in [5, 5.41) is 3.82. The van der Waals surface area contributed by atoms with Gasteiger partial charge in [-0.1, -0.05) is 12.1 Å². The Balaban J connectivity index is 1.56. The van der Waals surface area contributed by atoms with E-state index in [1.54, 1.807) is 11.3 Å². The first kappa shape index (κ1) is 21.1. The largest absolute Gasteiger partial charge is 0.494 e. The van der Waals surface area contributed by atoms with Gasteiger partial charge >= 0.3 is 0 Å². The van der Waals surface area contributed by atoms with E-state index < -0.39 is 0 Å². The van der Waals surface area contributed by atoms with Crippen molar-refractivity contribution in [2.75, 3.05) is 30.9 Å². The van der Waals surface area contributed by atoms with Gasteiger partial charge in [-0.25, -0.2) is 4.99 Å². The normalized spacial score (nSPS) is 12.7. The van der Waals surface area contributed by atoms with Gasteiger partial charge in [0.25, 0.3) is 5.91 Å². The van der Waals surface area contributed by atoms with E-state index in [2.05, 4.69) is 22.3 Å². The average Bonchev–Trinajstić information content (AvgIpc) is 3.35. The van der Waals surface area contributed by atoms with E-state index in [9.17, 15) is 4.79 Å². The third-order valence-electron chi connectivity index (χ3n) is 5.29. The standard InChI is InChI=1S/C25H27N3O2S/c1-4-30-20-14-10-18(11-15-20)27-24(29)23-21-6-5-7-22(21)31-25(23)26-16-17-8-12-19(13-9-17)28(2)3/h8-16H,4-7H2,1-3H3,(H,27,29). The maximum absolute atomic E-state index is 13.2. The fourth-order valence-electron chi connectivity index (χ4n) is 3.70. The number of rotatable bonds is 7. The Morgan fingerprint density at radius 1 is 1.13 bits per heavy atom. The summed E-state index contributed by atoms with van der Waals surface area (Å²) in [5.74, 6) is 0.696. The monoisotopic (exact) mass is 433 g/mol. The summed E-state index contributed by atoms with van der Waals surface area (Å²) in [7, 11) is 4.04. The Kier molecular flexibility index (Phi) is 6.37. The number of ether oxygens (including phenoxy) is 1. The van der Waals surface area contributed by atoms with Crippen LogP contribution >= 0.6 is 11.3 Å². The van der Waals surface area contributed by atoms with Crippen molar-refractivity contribution in [2.45, 2.75) is 26.2 Å². The van der Waals surface area contributed by atoms with Crippen LogP contribution in [-0.2, 0) is 12.8 Å². The van der Waals surface area contributed by atoms with E-state index in [0.29, 0.717) is 12.2 Å². The molecule has 0 fully saturated rings. The number of hydrogen-bond donors (Lipinski definition) is 1. The first-order valence-electron chi connectivity index (χ1n) is 10.6. The summed E-state index contributed by atoms with van der Waals surface area (Å²) in [5.41, 5.74) is 4.77. The van der Waals surface area contributed by atoms with Crippen LogP contribution in [0.25, 0.3) is 0 Å². The van der Waals surface area contributed by atoms with E-state index >= 15 is 0 Å². The molecule has 2 aromatic carbocycles. The van der Waals surface area contributed by atoms with E-state index in [1.165, 1.54) is 4.88 Å². The molecule has 0 aliphatic heterocycles. The molecule has 0 spiro atoms. The van der Waals surface area contributed by atoms with Crippen LogP contribution in [0.3, 0.4) is 0 Å². The smallest absolute Gasteiger partial charge is 0.259 e. The van der Waals surface area contributed by atoms with Crippen molar-refractivity contribution in [1.29, 1.82) is 0 Å². The Bertz CT molecular complexity index is 1080. The van der Waals surface area contributed by atoms with Crippen molar-refractivity contribution in [2.24, 2.45) is 4.99 Å². The van der Waals surface area contributed by atoms with Gasteiger partial charge in [-0.3, -0.25) is 4.79 Å². The highest BCUT2D eigenvalue weighted by molar-refractivity contribution is 7.16. The molecule has 0 atom stereocenters. The zero-order valence-electron chi connectivity index (χ0n) is 18.1. The second-order valence-electron chi connectivity index (χ2n) is 7.69. The van der Waals surface area contributed by atoms with Gasteiger partial charge in [-0.05, 0) is 73.7 Å². The number of hydrogen-bond acceptors (Lipinski definition) is 5. The SMILES string of the molecule is CCOc1ccc(NC(=O)c2c(N=Cc3ccc(N(C)C)cc3)sc3c2CCC3)cc1. The van der Waals surface area contributed by atoms with Crippen LogP contribution in [0.5, 0.6) is 5.75 Å². The van der Waals surface area contributed by atoms with Gasteiger partial charge in [0.05, 0.1) is 12.2 Å². The summed E-state index contributed by atoms with van der Waals surface area (Å²) in [4.78, 5) is 21.2. The lowest BCUT2D eigenvalue weighted by atomic mass is 10.1. The number of anilines is 2. The molecule has 0 radical (unpaired) electrons. The molecule has 1 N–H and O–H groups in total. The van der Waals surface area contributed by atoms with Gasteiger partial charge in [0.15, 0.2) is 0 Å². The highest BCUT2D eigenvalue weighted by atomic mass is 32.1. The van der Waals surface area contributed by atoms with Crippen LogP contribution in [0.4, 0.5) is 16.4 Å². The van der Waals surface area contributed by atoms with Crippen molar-refractivity contribution in [3.8, 4) is 5.75 Å². The Morgan fingerprint density at radius 2 is 1.87 bits per heavy atom. The first-order chi connectivity index (χ1) is 15.0. The number of amides is 1. The predicted octanol–water partition coefficient (Wildman–Crippen LogP) is 5.70. The number of fused-ring (bicyclic) bond motifs is 1. The molecule has 0 unspecified atom stereocenters. The van der Waals surface area contributed by atoms with E-state index in [-0.39, 0.29) is 5.91 Å². The molecule has 160 valence electrons. The van der Waals surface area contributed by atoms with Crippen molar-refractivity contribution >= 4 is 39.8 Å². The van der Waals surface area contributed by atoms with Gasteiger partial charge < -0.3 is 15.0 Å². The van der Waals surface area contributed by atoms with Gasteiger partial charge in [-0.2, -0.15) is 0 Å². The van der Waals surface area contributed by atoms with Crippen LogP contribution in [-0.4, -0.2) is 32.8 Å². The number of nitrogens with zero attached hydrogens (tertiary/aromatic N) is 2. The number of thiophene rings is 1. The molecule has 31 heavy (non-hydrogen) atoms. The predicted molar refractivity (Wildman–Crippen MR) is 130 cm³/mol. The fourth-order valence-corrected chi connectivity index (χ4v) is 4.93. The molecule has 1 aliphatic carbocycles. The molecule has 1 heterocycles. The zero-order chi connectivity index (χ0) is 21.8. The van der Waals surface area contributed by atoms with Crippen LogP contribution in [0.15, 0.2) is 53.5 Å². The molecule has 3 aromatic rings. The molecule has 4 rings (SSSR count). The topological polar surface area (TPSA) is 53.9 Å². The molecular weight excluding hydrogens is 406 g/mol. The minimum atomic E-state index is -0.0985. The average molecular weight is 434 g/mol. The third kappa shape index (κ3) is 4.80. The molecule has 1 aliphatic rings. The highest BCUT2D eigenvalue weighted by Gasteiger charge is 2.26. The number of aryl methyl sites for hydroxylation is 1. The summed E-state index contributed by atoms with van der Waals surface area (Å²) >= 11 is 1.64. The van der Waals surface area contributed by atoms with Crippen molar-refractivity contribution in [1.82, 2.24) is 0 Å². The van der Waals surface area contributed by atoms with Crippen LogP contribution < -0.4 is 15.0 Å². The zero-order valence-corrected chi connectivity index (χ0v) is 19.0. The lowest BCUT2D eigenvalue weighted by Crippen LogP contribution is -2.13. The second-order valence-corrected chi connectivity index (χ2v) is 8.78. The molecule has 0 saturated carbocycles. The lowest BCUT2D eigenvalue weighted by Gasteiger charge is -2.11. The van der Waals surface area contributed by atoms with E-state index in [0.717, 1.165) is 52.5 Å². The van der Waals surface area contributed by atoms with E-state index in [1.807, 2.05) is 63.6 Å². The minimum absolute atomic E-state index is 0.0985. The number of carbonyl (C=O) groups excluding carboxylic acids is 1. The Hall–Kier alpha value is -3.12. The molecule has 5 nitrogen and oxygen atoms in total. The van der Waals surface area contributed by atoms with E-state index in [4.69, 9.17) is 9.73 Å². The molecule has 1 amide bonds. The second kappa shape index (κ2) is 9.35. The first-order valence-corrected chi connectivity index (χ1v) is 11.4. The van der Waals surface area contributed by atoms with Gasteiger partial charge in [0, 0.05) is 36.6 Å². The molecule has 6 heteroatoms. The van der Waals surface area contributed by atoms with Crippen LogP contribution in [0, 0.1) is 0 Å². The summed E-state index contributed by atoms with van der Waals surface area (Å²) < 4.78 is 5.48.